The second-order valence-electron chi connectivity index (χ2n) is 6.60. The summed E-state index contributed by atoms with van der Waals surface area (Å²) in [5, 5.41) is 2.50. The fraction of sp³-hybridized carbons (Fsp3) is 0.300. The van der Waals surface area contributed by atoms with E-state index in [4.69, 9.17) is 0 Å². The zero-order chi connectivity index (χ0) is 19.6. The molecule has 0 spiro atoms. The second kappa shape index (κ2) is 7.42. The lowest BCUT2D eigenvalue weighted by molar-refractivity contribution is -0.137. The molecule has 1 aliphatic rings. The molecular formula is C20H19F3N2O2. The molecule has 0 bridgehead atoms. The van der Waals surface area contributed by atoms with Crippen LogP contribution in [0.2, 0.25) is 0 Å². The van der Waals surface area contributed by atoms with Gasteiger partial charge >= 0.3 is 6.18 Å². The summed E-state index contributed by atoms with van der Waals surface area (Å²) in [5.41, 5.74) is 0.198. The van der Waals surface area contributed by atoms with Crippen molar-refractivity contribution in [2.75, 3.05) is 11.9 Å². The average molecular weight is 376 g/mol. The van der Waals surface area contributed by atoms with E-state index in [1.165, 1.54) is 12.1 Å². The average Bonchev–Trinajstić information content (AvgIpc) is 3.03. The van der Waals surface area contributed by atoms with Gasteiger partial charge in [-0.3, -0.25) is 9.59 Å². The molecule has 7 heteroatoms. The van der Waals surface area contributed by atoms with Gasteiger partial charge in [0.05, 0.1) is 17.5 Å². The lowest BCUT2D eigenvalue weighted by Crippen LogP contribution is -2.30. The Morgan fingerprint density at radius 1 is 1.15 bits per heavy atom. The van der Waals surface area contributed by atoms with Crippen LogP contribution in [0.5, 0.6) is 0 Å². The first-order valence-corrected chi connectivity index (χ1v) is 8.58. The zero-order valence-corrected chi connectivity index (χ0v) is 14.7. The van der Waals surface area contributed by atoms with Crippen molar-refractivity contribution in [3.05, 3.63) is 65.7 Å². The van der Waals surface area contributed by atoms with Gasteiger partial charge in [0.25, 0.3) is 0 Å². The Hall–Kier alpha value is -2.83. The van der Waals surface area contributed by atoms with Crippen LogP contribution < -0.4 is 5.32 Å². The van der Waals surface area contributed by atoms with Gasteiger partial charge < -0.3 is 10.2 Å². The quantitative estimate of drug-likeness (QED) is 0.867. The van der Waals surface area contributed by atoms with Crippen LogP contribution in [0, 0.1) is 5.92 Å². The number of alkyl halides is 3. The number of rotatable bonds is 4. The molecule has 0 radical (unpaired) electrons. The standard InChI is InChI=1S/C20H19F3N2O2/c1-13(14-6-3-2-4-7-14)25-12-15(10-18(25)26)19(27)24-17-9-5-8-16(11-17)20(21,22)23/h2-9,11,13,15H,10,12H2,1H3,(H,24,27)/t13-,15+/m0/s1. The number of benzene rings is 2. The number of hydrogen-bond acceptors (Lipinski definition) is 2. The number of likely N-dealkylation sites (tertiary alicyclic amines) is 1. The topological polar surface area (TPSA) is 49.4 Å². The minimum absolute atomic E-state index is 0.0436. The van der Waals surface area contributed by atoms with E-state index >= 15 is 0 Å². The number of halogens is 3. The van der Waals surface area contributed by atoms with E-state index in [0.717, 1.165) is 17.7 Å². The van der Waals surface area contributed by atoms with Gasteiger partial charge in [-0.2, -0.15) is 13.2 Å². The van der Waals surface area contributed by atoms with Crippen LogP contribution >= 0.6 is 0 Å². The predicted octanol–water partition coefficient (Wildman–Crippen LogP) is 4.25. The molecule has 1 N–H and O–H groups in total. The van der Waals surface area contributed by atoms with E-state index in [0.29, 0.717) is 0 Å². The molecule has 2 amide bonds. The zero-order valence-electron chi connectivity index (χ0n) is 14.7. The third kappa shape index (κ3) is 4.30. The van der Waals surface area contributed by atoms with Crippen molar-refractivity contribution in [2.24, 2.45) is 5.92 Å². The third-order valence-electron chi connectivity index (χ3n) is 4.74. The number of anilines is 1. The van der Waals surface area contributed by atoms with Crippen LogP contribution in [0.4, 0.5) is 18.9 Å². The third-order valence-corrected chi connectivity index (χ3v) is 4.74. The highest BCUT2D eigenvalue weighted by atomic mass is 19.4. The van der Waals surface area contributed by atoms with Crippen LogP contribution in [-0.2, 0) is 15.8 Å². The molecule has 2 atom stereocenters. The smallest absolute Gasteiger partial charge is 0.335 e. The van der Waals surface area contributed by atoms with Crippen LogP contribution in [0.25, 0.3) is 0 Å². The van der Waals surface area contributed by atoms with Crippen LogP contribution in [0.3, 0.4) is 0 Å². The number of nitrogens with one attached hydrogen (secondary N) is 1. The molecule has 2 aromatic carbocycles. The minimum Gasteiger partial charge on any atom is -0.335 e. The molecule has 1 aliphatic heterocycles. The summed E-state index contributed by atoms with van der Waals surface area (Å²) >= 11 is 0. The van der Waals surface area contributed by atoms with E-state index in [1.807, 2.05) is 37.3 Å². The summed E-state index contributed by atoms with van der Waals surface area (Å²) in [7, 11) is 0. The van der Waals surface area contributed by atoms with Crippen LogP contribution in [0.1, 0.15) is 30.5 Å². The first kappa shape index (κ1) is 18.9. The lowest BCUT2D eigenvalue weighted by Gasteiger charge is -2.25. The minimum atomic E-state index is -4.48. The molecule has 0 saturated carbocycles. The molecule has 2 aromatic rings. The van der Waals surface area contributed by atoms with Gasteiger partial charge in [-0.25, -0.2) is 0 Å². The van der Waals surface area contributed by atoms with Gasteiger partial charge in [0.2, 0.25) is 11.8 Å². The van der Waals surface area contributed by atoms with Crippen molar-refractivity contribution in [1.82, 2.24) is 4.90 Å². The number of carbonyl (C=O) groups is 2. The van der Waals surface area contributed by atoms with Crippen molar-refractivity contribution in [2.45, 2.75) is 25.6 Å². The first-order valence-electron chi connectivity index (χ1n) is 8.58. The largest absolute Gasteiger partial charge is 0.416 e. The Labute approximate surface area is 155 Å². The summed E-state index contributed by atoms with van der Waals surface area (Å²) in [6.07, 6.45) is -4.44. The molecule has 0 aromatic heterocycles. The predicted molar refractivity (Wildman–Crippen MR) is 94.8 cm³/mol. The molecule has 27 heavy (non-hydrogen) atoms. The fourth-order valence-electron chi connectivity index (χ4n) is 3.21. The van der Waals surface area contributed by atoms with Crippen molar-refractivity contribution in [3.8, 4) is 0 Å². The number of nitrogens with zero attached hydrogens (tertiary/aromatic N) is 1. The monoisotopic (exact) mass is 376 g/mol. The van der Waals surface area contributed by atoms with E-state index in [1.54, 1.807) is 4.90 Å². The van der Waals surface area contributed by atoms with Gasteiger partial charge in [-0.1, -0.05) is 36.4 Å². The second-order valence-corrected chi connectivity index (χ2v) is 6.60. The van der Waals surface area contributed by atoms with E-state index in [9.17, 15) is 22.8 Å². The highest BCUT2D eigenvalue weighted by Crippen LogP contribution is 2.32. The van der Waals surface area contributed by atoms with Crippen molar-refractivity contribution >= 4 is 17.5 Å². The normalized spacial score (nSPS) is 18.4. The van der Waals surface area contributed by atoms with Crippen molar-refractivity contribution in [1.29, 1.82) is 0 Å². The van der Waals surface area contributed by atoms with Crippen molar-refractivity contribution in [3.63, 3.8) is 0 Å². The van der Waals surface area contributed by atoms with Crippen LogP contribution in [-0.4, -0.2) is 23.3 Å². The highest BCUT2D eigenvalue weighted by Gasteiger charge is 2.37. The fourth-order valence-corrected chi connectivity index (χ4v) is 3.21. The van der Waals surface area contributed by atoms with E-state index in [-0.39, 0.29) is 30.6 Å². The first-order chi connectivity index (χ1) is 12.8. The SMILES string of the molecule is C[C@@H](c1ccccc1)N1C[C@H](C(=O)Nc2cccc(C(F)(F)F)c2)CC1=O. The van der Waals surface area contributed by atoms with Crippen LogP contribution in [0.15, 0.2) is 54.6 Å². The summed E-state index contributed by atoms with van der Waals surface area (Å²) < 4.78 is 38.4. The maximum atomic E-state index is 12.8. The molecule has 3 rings (SSSR count). The summed E-state index contributed by atoms with van der Waals surface area (Å²) in [5.74, 6) is -1.20. The number of amides is 2. The lowest BCUT2D eigenvalue weighted by atomic mass is 10.1. The highest BCUT2D eigenvalue weighted by molar-refractivity contribution is 5.97. The maximum absolute atomic E-state index is 12.8. The molecule has 1 heterocycles. The number of carbonyl (C=O) groups excluding carboxylic acids is 2. The van der Waals surface area contributed by atoms with E-state index in [2.05, 4.69) is 5.32 Å². The van der Waals surface area contributed by atoms with Gasteiger partial charge in [-0.15, -0.1) is 0 Å². The molecule has 0 unspecified atom stereocenters. The Kier molecular flexibility index (Phi) is 5.21. The Morgan fingerprint density at radius 3 is 2.52 bits per heavy atom. The molecule has 1 saturated heterocycles. The van der Waals surface area contributed by atoms with Gasteiger partial charge in [0.15, 0.2) is 0 Å². The molecular weight excluding hydrogens is 357 g/mol. The molecule has 4 nitrogen and oxygen atoms in total. The Balaban J connectivity index is 1.68. The summed E-state index contributed by atoms with van der Waals surface area (Å²) in [6.45, 7) is 2.13. The van der Waals surface area contributed by atoms with Gasteiger partial charge in [0, 0.05) is 18.7 Å². The Bertz CT molecular complexity index is 837. The van der Waals surface area contributed by atoms with E-state index < -0.39 is 23.6 Å². The summed E-state index contributed by atoms with van der Waals surface area (Å²) in [6, 6.07) is 13.8. The van der Waals surface area contributed by atoms with Gasteiger partial charge in [-0.05, 0) is 30.7 Å². The molecule has 1 fully saturated rings. The summed E-state index contributed by atoms with van der Waals surface area (Å²) in [4.78, 5) is 26.4. The maximum Gasteiger partial charge on any atom is 0.416 e. The van der Waals surface area contributed by atoms with Gasteiger partial charge in [0.1, 0.15) is 0 Å². The molecule has 0 aliphatic carbocycles. The van der Waals surface area contributed by atoms with Crippen molar-refractivity contribution < 1.29 is 22.8 Å². The Morgan fingerprint density at radius 2 is 1.85 bits per heavy atom. The number of hydrogen-bond donors (Lipinski definition) is 1. The molecule has 142 valence electrons.